The van der Waals surface area contributed by atoms with Crippen molar-refractivity contribution in [2.45, 2.75) is 25.7 Å². The molecule has 22 heavy (non-hydrogen) atoms. The first-order chi connectivity index (χ1) is 10.6. The van der Waals surface area contributed by atoms with Gasteiger partial charge in [-0.1, -0.05) is 30.0 Å². The van der Waals surface area contributed by atoms with Crippen LogP contribution in [-0.4, -0.2) is 12.3 Å². The maximum atomic E-state index is 11.8. The lowest BCUT2D eigenvalue weighted by Gasteiger charge is -2.17. The van der Waals surface area contributed by atoms with Crippen LogP contribution < -0.4 is 4.90 Å². The summed E-state index contributed by atoms with van der Waals surface area (Å²) in [5.74, 6) is 0.141. The molecule has 1 aliphatic heterocycles. The molecule has 0 atom stereocenters. The number of Topliss-reactive ketones (excluding diaryl/α,β-unsaturated/α-hetero) is 1. The van der Waals surface area contributed by atoms with E-state index in [2.05, 4.69) is 48.2 Å². The first-order valence-electron chi connectivity index (χ1n) is 7.48. The van der Waals surface area contributed by atoms with Crippen molar-refractivity contribution in [2.24, 2.45) is 0 Å². The Morgan fingerprint density at radius 1 is 1.09 bits per heavy atom. The van der Waals surface area contributed by atoms with E-state index in [4.69, 9.17) is 0 Å². The van der Waals surface area contributed by atoms with Crippen LogP contribution in [0.2, 0.25) is 0 Å². The number of benzene rings is 1. The summed E-state index contributed by atoms with van der Waals surface area (Å²) in [5, 5.41) is 1.23. The van der Waals surface area contributed by atoms with Crippen molar-refractivity contribution in [3.63, 3.8) is 0 Å². The number of anilines is 1. The fraction of sp³-hybridized carbons (Fsp3) is 0.211. The molecule has 0 N–H and O–H groups in total. The molecule has 1 heterocycles. The monoisotopic (exact) mass is 309 g/mol. The molecule has 0 saturated carbocycles. The SMILES string of the molecule is CCN1C(=CC=C2C=C(C)C(=O)C(C)=C2)Sc2ccccc21. The van der Waals surface area contributed by atoms with E-state index in [1.807, 2.05) is 26.0 Å². The van der Waals surface area contributed by atoms with E-state index in [0.29, 0.717) is 0 Å². The van der Waals surface area contributed by atoms with Gasteiger partial charge in [-0.2, -0.15) is 0 Å². The topological polar surface area (TPSA) is 20.3 Å². The first kappa shape index (κ1) is 14.9. The number of rotatable bonds is 2. The molecule has 1 aromatic rings. The second-order valence-corrected chi connectivity index (χ2v) is 6.53. The second kappa shape index (κ2) is 6.01. The van der Waals surface area contributed by atoms with Gasteiger partial charge in [-0.15, -0.1) is 0 Å². The Bertz CT molecular complexity index is 728. The van der Waals surface area contributed by atoms with E-state index < -0.39 is 0 Å². The standard InChI is InChI=1S/C19H19NOS/c1-4-20-16-7-5-6-8-17(16)22-18(20)10-9-15-11-13(2)19(21)14(3)12-15/h5-12H,4H2,1-3H3. The van der Waals surface area contributed by atoms with E-state index in [1.165, 1.54) is 15.6 Å². The minimum Gasteiger partial charge on any atom is -0.335 e. The number of nitrogens with zero attached hydrogens (tertiary/aromatic N) is 1. The molecular weight excluding hydrogens is 290 g/mol. The van der Waals surface area contributed by atoms with Crippen molar-refractivity contribution in [3.8, 4) is 0 Å². The maximum Gasteiger partial charge on any atom is 0.184 e. The third-order valence-corrected chi connectivity index (χ3v) is 4.98. The molecule has 2 aliphatic rings. The van der Waals surface area contributed by atoms with Gasteiger partial charge in [0.25, 0.3) is 0 Å². The van der Waals surface area contributed by atoms with Gasteiger partial charge in [-0.05, 0) is 67.9 Å². The zero-order valence-corrected chi connectivity index (χ0v) is 13.9. The Balaban J connectivity index is 1.91. The maximum absolute atomic E-state index is 11.8. The molecule has 0 unspecified atom stereocenters. The number of carbonyl (C=O) groups is 1. The van der Waals surface area contributed by atoms with Crippen molar-refractivity contribution < 1.29 is 4.79 Å². The summed E-state index contributed by atoms with van der Waals surface area (Å²) >= 11 is 1.79. The molecule has 0 aromatic heterocycles. The van der Waals surface area contributed by atoms with Gasteiger partial charge in [0.2, 0.25) is 0 Å². The van der Waals surface area contributed by atoms with Gasteiger partial charge >= 0.3 is 0 Å². The molecule has 0 fully saturated rings. The molecular formula is C19H19NOS. The number of thioether (sulfide) groups is 1. The minimum absolute atomic E-state index is 0.141. The number of para-hydroxylation sites is 1. The molecule has 0 bridgehead atoms. The fourth-order valence-electron chi connectivity index (χ4n) is 2.75. The van der Waals surface area contributed by atoms with E-state index in [1.54, 1.807) is 11.8 Å². The second-order valence-electron chi connectivity index (χ2n) is 5.47. The van der Waals surface area contributed by atoms with Gasteiger partial charge in [-0.3, -0.25) is 4.79 Å². The molecule has 112 valence electrons. The lowest BCUT2D eigenvalue weighted by Crippen LogP contribution is -2.16. The minimum atomic E-state index is 0.141. The molecule has 1 aliphatic carbocycles. The highest BCUT2D eigenvalue weighted by molar-refractivity contribution is 8.03. The Kier molecular flexibility index (Phi) is 4.08. The Labute approximate surface area is 135 Å². The zero-order chi connectivity index (χ0) is 15.7. The van der Waals surface area contributed by atoms with Crippen LogP contribution in [0.5, 0.6) is 0 Å². The number of hydrogen-bond acceptors (Lipinski definition) is 3. The Morgan fingerprint density at radius 3 is 2.45 bits per heavy atom. The quantitative estimate of drug-likeness (QED) is 0.778. The Morgan fingerprint density at radius 2 is 1.77 bits per heavy atom. The van der Waals surface area contributed by atoms with Crippen LogP contribution >= 0.6 is 11.8 Å². The average Bonchev–Trinajstić information content (AvgIpc) is 2.87. The molecule has 0 amide bonds. The van der Waals surface area contributed by atoms with Crippen molar-refractivity contribution in [1.29, 1.82) is 0 Å². The fourth-order valence-corrected chi connectivity index (χ4v) is 3.88. The van der Waals surface area contributed by atoms with Gasteiger partial charge in [-0.25, -0.2) is 0 Å². The summed E-state index contributed by atoms with van der Waals surface area (Å²) in [6.07, 6.45) is 8.15. The summed E-state index contributed by atoms with van der Waals surface area (Å²) in [4.78, 5) is 15.4. The summed E-state index contributed by atoms with van der Waals surface area (Å²) < 4.78 is 0. The number of hydrogen-bond donors (Lipinski definition) is 0. The van der Waals surface area contributed by atoms with Gasteiger partial charge in [0.15, 0.2) is 5.78 Å². The largest absolute Gasteiger partial charge is 0.335 e. The highest BCUT2D eigenvalue weighted by Crippen LogP contribution is 2.45. The summed E-state index contributed by atoms with van der Waals surface area (Å²) in [6.45, 7) is 6.86. The van der Waals surface area contributed by atoms with Crippen LogP contribution in [0.25, 0.3) is 0 Å². The smallest absolute Gasteiger partial charge is 0.184 e. The summed E-state index contributed by atoms with van der Waals surface area (Å²) in [5.41, 5.74) is 3.96. The van der Waals surface area contributed by atoms with E-state index >= 15 is 0 Å². The predicted molar refractivity (Wildman–Crippen MR) is 94.0 cm³/mol. The molecule has 0 saturated heterocycles. The molecule has 0 radical (unpaired) electrons. The van der Waals surface area contributed by atoms with Crippen molar-refractivity contribution in [3.05, 3.63) is 70.3 Å². The molecule has 1 aromatic carbocycles. The summed E-state index contributed by atoms with van der Waals surface area (Å²) in [6, 6.07) is 8.47. The predicted octanol–water partition coefficient (Wildman–Crippen LogP) is 4.86. The van der Waals surface area contributed by atoms with E-state index in [9.17, 15) is 4.79 Å². The van der Waals surface area contributed by atoms with Crippen LogP contribution in [-0.2, 0) is 4.79 Å². The highest BCUT2D eigenvalue weighted by Gasteiger charge is 2.22. The molecule has 2 nitrogen and oxygen atoms in total. The number of carbonyl (C=O) groups excluding carboxylic acids is 1. The normalized spacial score (nSPS) is 19.2. The number of ketones is 1. The first-order valence-corrected chi connectivity index (χ1v) is 8.29. The van der Waals surface area contributed by atoms with Crippen LogP contribution in [0, 0.1) is 0 Å². The van der Waals surface area contributed by atoms with Crippen LogP contribution in [0.1, 0.15) is 20.8 Å². The van der Waals surface area contributed by atoms with Gasteiger partial charge in [0, 0.05) is 11.4 Å². The number of allylic oxidation sites excluding steroid dienone is 7. The molecule has 3 heteroatoms. The van der Waals surface area contributed by atoms with E-state index in [0.717, 1.165) is 23.3 Å². The molecule has 3 rings (SSSR count). The lowest BCUT2D eigenvalue weighted by molar-refractivity contribution is -0.112. The molecule has 0 spiro atoms. The van der Waals surface area contributed by atoms with Crippen molar-refractivity contribution in [1.82, 2.24) is 0 Å². The van der Waals surface area contributed by atoms with Gasteiger partial charge in [0.1, 0.15) is 0 Å². The third-order valence-electron chi connectivity index (χ3n) is 3.85. The lowest BCUT2D eigenvalue weighted by atomic mass is 9.96. The van der Waals surface area contributed by atoms with Gasteiger partial charge < -0.3 is 4.90 Å². The Hall–Kier alpha value is -2.00. The summed E-state index contributed by atoms with van der Waals surface area (Å²) in [7, 11) is 0. The average molecular weight is 309 g/mol. The van der Waals surface area contributed by atoms with Gasteiger partial charge in [0.05, 0.1) is 10.7 Å². The van der Waals surface area contributed by atoms with Crippen molar-refractivity contribution >= 4 is 23.2 Å². The van der Waals surface area contributed by atoms with E-state index in [-0.39, 0.29) is 5.78 Å². The zero-order valence-electron chi connectivity index (χ0n) is 13.1. The van der Waals surface area contributed by atoms with Crippen molar-refractivity contribution in [2.75, 3.05) is 11.4 Å². The number of fused-ring (bicyclic) bond motifs is 1. The highest BCUT2D eigenvalue weighted by atomic mass is 32.2. The van der Waals surface area contributed by atoms with Crippen LogP contribution in [0.15, 0.2) is 75.2 Å². The van der Waals surface area contributed by atoms with Crippen LogP contribution in [0.4, 0.5) is 5.69 Å². The van der Waals surface area contributed by atoms with Crippen LogP contribution in [0.3, 0.4) is 0 Å². The third kappa shape index (κ3) is 2.69.